The summed E-state index contributed by atoms with van der Waals surface area (Å²) in [4.78, 5) is 17.9. The standard InChI is InChI=1S/C11H8BrIN2O2/c1-6-4-7(12)2-3-8(6)17-11-9(13)10(16)14-5-15-11/h2-5H,1H3,(H,14,15,16). The average Bonchev–Trinajstić information content (AvgIpc) is 2.28. The van der Waals surface area contributed by atoms with E-state index in [-0.39, 0.29) is 5.56 Å². The number of nitrogens with one attached hydrogen (secondary N) is 1. The van der Waals surface area contributed by atoms with Crippen LogP contribution in [0.2, 0.25) is 0 Å². The summed E-state index contributed by atoms with van der Waals surface area (Å²) in [5.74, 6) is 1.00. The fraction of sp³-hybridized carbons (Fsp3) is 0.0909. The molecule has 4 nitrogen and oxygen atoms in total. The Morgan fingerprint density at radius 2 is 2.24 bits per heavy atom. The van der Waals surface area contributed by atoms with E-state index in [2.05, 4.69) is 25.9 Å². The molecule has 0 radical (unpaired) electrons. The Bertz CT molecular complexity index is 613. The van der Waals surface area contributed by atoms with Gasteiger partial charge in [-0.15, -0.1) is 0 Å². The molecular formula is C11H8BrIN2O2. The van der Waals surface area contributed by atoms with Crippen LogP contribution in [0.25, 0.3) is 0 Å². The third-order valence-electron chi connectivity index (χ3n) is 2.11. The number of H-pyrrole nitrogens is 1. The maximum absolute atomic E-state index is 11.4. The number of aryl methyl sites for hydroxylation is 1. The van der Waals surface area contributed by atoms with Crippen molar-refractivity contribution in [2.24, 2.45) is 0 Å². The van der Waals surface area contributed by atoms with E-state index in [9.17, 15) is 4.79 Å². The van der Waals surface area contributed by atoms with E-state index in [1.54, 1.807) is 0 Å². The average molecular weight is 407 g/mol. The first-order chi connectivity index (χ1) is 8.08. The van der Waals surface area contributed by atoms with Crippen LogP contribution in [0, 0.1) is 10.5 Å². The van der Waals surface area contributed by atoms with Gasteiger partial charge in [0, 0.05) is 4.47 Å². The van der Waals surface area contributed by atoms with Crippen molar-refractivity contribution in [3.8, 4) is 11.6 Å². The fourth-order valence-corrected chi connectivity index (χ4v) is 2.15. The van der Waals surface area contributed by atoms with Crippen LogP contribution in [0.5, 0.6) is 11.6 Å². The van der Waals surface area contributed by atoms with Gasteiger partial charge in [0.2, 0.25) is 5.88 Å². The van der Waals surface area contributed by atoms with Crippen LogP contribution in [-0.2, 0) is 0 Å². The molecule has 0 aliphatic carbocycles. The number of aromatic nitrogens is 2. The van der Waals surface area contributed by atoms with E-state index in [1.165, 1.54) is 6.33 Å². The molecule has 0 bridgehead atoms. The van der Waals surface area contributed by atoms with Crippen LogP contribution in [0.1, 0.15) is 5.56 Å². The van der Waals surface area contributed by atoms with Gasteiger partial charge < -0.3 is 9.72 Å². The molecule has 88 valence electrons. The minimum atomic E-state index is -0.203. The first-order valence-electron chi connectivity index (χ1n) is 4.75. The van der Waals surface area contributed by atoms with E-state index >= 15 is 0 Å². The topological polar surface area (TPSA) is 55.0 Å². The normalized spacial score (nSPS) is 10.3. The van der Waals surface area contributed by atoms with E-state index in [4.69, 9.17) is 4.74 Å². The summed E-state index contributed by atoms with van der Waals surface area (Å²) < 4.78 is 7.04. The monoisotopic (exact) mass is 406 g/mol. The van der Waals surface area contributed by atoms with Crippen LogP contribution in [0.4, 0.5) is 0 Å². The van der Waals surface area contributed by atoms with Crippen molar-refractivity contribution < 1.29 is 4.74 Å². The van der Waals surface area contributed by atoms with Gasteiger partial charge in [0.15, 0.2) is 0 Å². The summed E-state index contributed by atoms with van der Waals surface area (Å²) in [5.41, 5.74) is 0.766. The van der Waals surface area contributed by atoms with Crippen LogP contribution in [0.3, 0.4) is 0 Å². The minimum absolute atomic E-state index is 0.203. The van der Waals surface area contributed by atoms with Crippen molar-refractivity contribution in [3.63, 3.8) is 0 Å². The summed E-state index contributed by atoms with van der Waals surface area (Å²) in [6.07, 6.45) is 1.33. The van der Waals surface area contributed by atoms with E-state index in [0.717, 1.165) is 10.0 Å². The van der Waals surface area contributed by atoms with E-state index in [0.29, 0.717) is 15.2 Å². The summed E-state index contributed by atoms with van der Waals surface area (Å²) in [5, 5.41) is 0. The van der Waals surface area contributed by atoms with Gasteiger partial charge in [-0.2, -0.15) is 0 Å². The molecule has 2 aromatic rings. The molecule has 0 aliphatic rings. The first kappa shape index (κ1) is 12.6. The van der Waals surface area contributed by atoms with Crippen LogP contribution < -0.4 is 10.3 Å². The van der Waals surface area contributed by atoms with E-state index < -0.39 is 0 Å². The van der Waals surface area contributed by atoms with Crippen LogP contribution >= 0.6 is 38.5 Å². The molecule has 6 heteroatoms. The smallest absolute Gasteiger partial charge is 0.268 e. The zero-order chi connectivity index (χ0) is 12.4. The predicted octanol–water partition coefficient (Wildman–Crippen LogP) is 3.24. The van der Waals surface area contributed by atoms with E-state index in [1.807, 2.05) is 47.7 Å². The Morgan fingerprint density at radius 3 is 2.94 bits per heavy atom. The number of benzene rings is 1. The molecule has 1 aromatic heterocycles. The lowest BCUT2D eigenvalue weighted by Gasteiger charge is -2.08. The number of nitrogens with zero attached hydrogens (tertiary/aromatic N) is 1. The van der Waals surface area contributed by atoms with Gasteiger partial charge in [-0.3, -0.25) is 4.79 Å². The Balaban J connectivity index is 2.38. The van der Waals surface area contributed by atoms with Crippen molar-refractivity contribution in [1.29, 1.82) is 0 Å². The quantitative estimate of drug-likeness (QED) is 0.779. The van der Waals surface area contributed by atoms with Crippen LogP contribution in [0.15, 0.2) is 33.8 Å². The molecule has 0 aliphatic heterocycles. The maximum Gasteiger partial charge on any atom is 0.268 e. The number of hydrogen-bond acceptors (Lipinski definition) is 3. The van der Waals surface area contributed by atoms with Crippen molar-refractivity contribution in [2.45, 2.75) is 6.92 Å². The zero-order valence-electron chi connectivity index (χ0n) is 8.83. The Labute approximate surface area is 120 Å². The summed E-state index contributed by atoms with van der Waals surface area (Å²) in [7, 11) is 0. The maximum atomic E-state index is 11.4. The van der Waals surface area contributed by atoms with Gasteiger partial charge in [0.05, 0.1) is 6.33 Å². The summed E-state index contributed by atoms with van der Waals surface area (Å²) >= 11 is 5.29. The van der Waals surface area contributed by atoms with Crippen molar-refractivity contribution >= 4 is 38.5 Å². The number of halogens is 2. The number of ether oxygens (including phenoxy) is 1. The van der Waals surface area contributed by atoms with Crippen molar-refractivity contribution in [2.75, 3.05) is 0 Å². The number of rotatable bonds is 2. The third kappa shape index (κ3) is 2.86. The molecular weight excluding hydrogens is 399 g/mol. The highest BCUT2D eigenvalue weighted by atomic mass is 127. The molecule has 2 rings (SSSR count). The Hall–Kier alpha value is -0.890. The molecule has 0 spiro atoms. The third-order valence-corrected chi connectivity index (χ3v) is 3.55. The number of hydrogen-bond donors (Lipinski definition) is 1. The van der Waals surface area contributed by atoms with Gasteiger partial charge in [0.25, 0.3) is 5.56 Å². The molecule has 17 heavy (non-hydrogen) atoms. The zero-order valence-corrected chi connectivity index (χ0v) is 12.6. The summed E-state index contributed by atoms with van der Waals surface area (Å²) in [6.45, 7) is 1.93. The fourth-order valence-electron chi connectivity index (χ4n) is 1.27. The SMILES string of the molecule is Cc1cc(Br)ccc1Oc1nc[nH]c(=O)c1I. The highest BCUT2D eigenvalue weighted by Crippen LogP contribution is 2.27. The Morgan fingerprint density at radius 1 is 1.47 bits per heavy atom. The highest BCUT2D eigenvalue weighted by Gasteiger charge is 2.09. The molecule has 1 N–H and O–H groups in total. The van der Waals surface area contributed by atoms with Gasteiger partial charge in [0.1, 0.15) is 9.32 Å². The number of aromatic amines is 1. The van der Waals surface area contributed by atoms with Gasteiger partial charge in [-0.25, -0.2) is 4.98 Å². The van der Waals surface area contributed by atoms with Crippen molar-refractivity contribution in [3.05, 3.63) is 48.5 Å². The second-order valence-corrected chi connectivity index (χ2v) is 5.36. The predicted molar refractivity (Wildman–Crippen MR) is 76.5 cm³/mol. The van der Waals surface area contributed by atoms with Gasteiger partial charge >= 0.3 is 0 Å². The lowest BCUT2D eigenvalue weighted by atomic mass is 10.2. The minimum Gasteiger partial charge on any atom is -0.437 e. The molecule has 0 fully saturated rings. The summed E-state index contributed by atoms with van der Waals surface area (Å²) in [6, 6.07) is 5.65. The van der Waals surface area contributed by atoms with Crippen molar-refractivity contribution in [1.82, 2.24) is 9.97 Å². The Kier molecular flexibility index (Phi) is 3.82. The second-order valence-electron chi connectivity index (χ2n) is 3.36. The molecule has 0 saturated heterocycles. The molecule has 1 aromatic carbocycles. The molecule has 0 amide bonds. The first-order valence-corrected chi connectivity index (χ1v) is 6.62. The lowest BCUT2D eigenvalue weighted by Crippen LogP contribution is -2.11. The second kappa shape index (κ2) is 5.18. The highest BCUT2D eigenvalue weighted by molar-refractivity contribution is 14.1. The largest absolute Gasteiger partial charge is 0.437 e. The molecule has 1 heterocycles. The van der Waals surface area contributed by atoms with Gasteiger partial charge in [-0.1, -0.05) is 15.9 Å². The molecule has 0 saturated carbocycles. The van der Waals surface area contributed by atoms with Gasteiger partial charge in [-0.05, 0) is 53.3 Å². The van der Waals surface area contributed by atoms with Crippen LogP contribution in [-0.4, -0.2) is 9.97 Å². The molecule has 0 unspecified atom stereocenters. The lowest BCUT2D eigenvalue weighted by molar-refractivity contribution is 0.453. The molecule has 0 atom stereocenters.